The number of nitrogens with zero attached hydrogens (tertiary/aromatic N) is 1. The maximum absolute atomic E-state index is 11.6. The molecule has 1 aromatic carbocycles. The van der Waals surface area contributed by atoms with Crippen molar-refractivity contribution >= 4 is 12.0 Å². The van der Waals surface area contributed by atoms with Gasteiger partial charge in [0.1, 0.15) is 5.75 Å². The first-order valence-corrected chi connectivity index (χ1v) is 5.88. The van der Waals surface area contributed by atoms with Gasteiger partial charge in [0.25, 0.3) is 0 Å². The van der Waals surface area contributed by atoms with Gasteiger partial charge in [0.2, 0.25) is 5.91 Å². The van der Waals surface area contributed by atoms with Crippen LogP contribution in [0, 0.1) is 0 Å². The van der Waals surface area contributed by atoms with Crippen molar-refractivity contribution in [3.8, 4) is 5.75 Å². The molecular weight excluding hydrogens is 240 g/mol. The fourth-order valence-electron chi connectivity index (χ4n) is 1.55. The van der Waals surface area contributed by atoms with Crippen molar-refractivity contribution < 1.29 is 9.90 Å². The molecule has 1 aromatic heterocycles. The molecule has 4 heteroatoms. The van der Waals surface area contributed by atoms with E-state index in [2.05, 4.69) is 10.3 Å². The molecule has 2 rings (SSSR count). The van der Waals surface area contributed by atoms with Gasteiger partial charge in [-0.1, -0.05) is 24.3 Å². The standard InChI is InChI=1S/C15H14N2O2/c18-14-6-2-1-5-13(14)11-17-15(19)8-7-12-4-3-9-16-10-12/h1-10,18H,11H2,(H,17,19). The first kappa shape index (κ1) is 12.8. The molecule has 0 aliphatic rings. The van der Waals surface area contributed by atoms with Crippen molar-refractivity contribution in [1.29, 1.82) is 0 Å². The first-order valence-electron chi connectivity index (χ1n) is 5.88. The van der Waals surface area contributed by atoms with Crippen LogP contribution >= 0.6 is 0 Å². The average molecular weight is 254 g/mol. The highest BCUT2D eigenvalue weighted by molar-refractivity contribution is 5.91. The molecule has 19 heavy (non-hydrogen) atoms. The van der Waals surface area contributed by atoms with Gasteiger partial charge in [-0.05, 0) is 23.8 Å². The molecule has 0 unspecified atom stereocenters. The number of aromatic hydroxyl groups is 1. The Balaban J connectivity index is 1.89. The molecule has 2 aromatic rings. The van der Waals surface area contributed by atoms with Gasteiger partial charge >= 0.3 is 0 Å². The third-order valence-electron chi connectivity index (χ3n) is 2.56. The monoisotopic (exact) mass is 254 g/mol. The van der Waals surface area contributed by atoms with Gasteiger partial charge in [-0.2, -0.15) is 0 Å². The molecule has 1 amide bonds. The van der Waals surface area contributed by atoms with Crippen molar-refractivity contribution in [2.24, 2.45) is 0 Å². The summed E-state index contributed by atoms with van der Waals surface area (Å²) < 4.78 is 0. The number of phenolic OH excluding ortho intramolecular Hbond substituents is 1. The summed E-state index contributed by atoms with van der Waals surface area (Å²) in [6.45, 7) is 0.295. The van der Waals surface area contributed by atoms with Crippen molar-refractivity contribution in [3.63, 3.8) is 0 Å². The molecule has 0 bridgehead atoms. The summed E-state index contributed by atoms with van der Waals surface area (Å²) >= 11 is 0. The molecule has 0 atom stereocenters. The van der Waals surface area contributed by atoms with Crippen LogP contribution in [-0.4, -0.2) is 16.0 Å². The minimum Gasteiger partial charge on any atom is -0.508 e. The minimum atomic E-state index is -0.216. The lowest BCUT2D eigenvalue weighted by atomic mass is 10.2. The number of carbonyl (C=O) groups excluding carboxylic acids is 1. The molecule has 1 heterocycles. The largest absolute Gasteiger partial charge is 0.508 e. The molecule has 0 saturated carbocycles. The number of amides is 1. The van der Waals surface area contributed by atoms with E-state index >= 15 is 0 Å². The van der Waals surface area contributed by atoms with Gasteiger partial charge < -0.3 is 10.4 Å². The molecule has 0 saturated heterocycles. The second-order valence-corrected chi connectivity index (χ2v) is 3.97. The van der Waals surface area contributed by atoms with Crippen LogP contribution in [0.15, 0.2) is 54.9 Å². The number of aromatic nitrogens is 1. The predicted octanol–water partition coefficient (Wildman–Crippen LogP) is 2.12. The van der Waals surface area contributed by atoms with E-state index in [-0.39, 0.29) is 11.7 Å². The third-order valence-corrected chi connectivity index (χ3v) is 2.56. The fourth-order valence-corrected chi connectivity index (χ4v) is 1.55. The zero-order chi connectivity index (χ0) is 13.5. The highest BCUT2D eigenvalue weighted by Gasteiger charge is 2.00. The van der Waals surface area contributed by atoms with E-state index in [0.717, 1.165) is 5.56 Å². The number of phenols is 1. The second-order valence-electron chi connectivity index (χ2n) is 3.97. The normalized spacial score (nSPS) is 10.5. The smallest absolute Gasteiger partial charge is 0.244 e. The summed E-state index contributed by atoms with van der Waals surface area (Å²) in [5.41, 5.74) is 1.55. The summed E-state index contributed by atoms with van der Waals surface area (Å²) in [5, 5.41) is 12.3. The van der Waals surface area contributed by atoms with Crippen LogP contribution in [0.5, 0.6) is 5.75 Å². The Morgan fingerprint density at radius 3 is 2.84 bits per heavy atom. The lowest BCUT2D eigenvalue weighted by molar-refractivity contribution is -0.116. The summed E-state index contributed by atoms with van der Waals surface area (Å²) in [6.07, 6.45) is 6.48. The second kappa shape index (κ2) is 6.35. The summed E-state index contributed by atoms with van der Waals surface area (Å²) in [5.74, 6) is -0.0360. The lowest BCUT2D eigenvalue weighted by Gasteiger charge is -2.04. The number of pyridine rings is 1. The number of rotatable bonds is 4. The third kappa shape index (κ3) is 3.96. The molecule has 96 valence electrons. The number of hydrogen-bond donors (Lipinski definition) is 2. The van der Waals surface area contributed by atoms with Crippen LogP contribution in [0.25, 0.3) is 6.08 Å². The van der Waals surface area contributed by atoms with Gasteiger partial charge in [0.05, 0.1) is 0 Å². The first-order chi connectivity index (χ1) is 9.25. The van der Waals surface area contributed by atoms with Crippen LogP contribution in [0.1, 0.15) is 11.1 Å². The van der Waals surface area contributed by atoms with Crippen LogP contribution in [0.2, 0.25) is 0 Å². The predicted molar refractivity (Wildman–Crippen MR) is 73.2 cm³/mol. The number of para-hydroxylation sites is 1. The Kier molecular flexibility index (Phi) is 4.29. The maximum Gasteiger partial charge on any atom is 0.244 e. The molecule has 0 radical (unpaired) electrons. The van der Waals surface area contributed by atoms with Gasteiger partial charge in [0, 0.05) is 30.6 Å². The van der Waals surface area contributed by atoms with Gasteiger partial charge in [-0.25, -0.2) is 0 Å². The van der Waals surface area contributed by atoms with Gasteiger partial charge in [0.15, 0.2) is 0 Å². The number of benzene rings is 1. The van der Waals surface area contributed by atoms with Crippen molar-refractivity contribution in [2.45, 2.75) is 6.54 Å². The molecule has 0 fully saturated rings. The van der Waals surface area contributed by atoms with E-state index in [4.69, 9.17) is 0 Å². The highest BCUT2D eigenvalue weighted by atomic mass is 16.3. The van der Waals surface area contributed by atoms with E-state index in [0.29, 0.717) is 12.1 Å². The zero-order valence-electron chi connectivity index (χ0n) is 10.3. The molecule has 2 N–H and O–H groups in total. The summed E-state index contributed by atoms with van der Waals surface area (Å²) in [7, 11) is 0. The molecular formula is C15H14N2O2. The van der Waals surface area contributed by atoms with E-state index in [1.54, 1.807) is 42.7 Å². The Morgan fingerprint density at radius 2 is 2.11 bits per heavy atom. The minimum absolute atomic E-state index is 0.180. The molecule has 4 nitrogen and oxygen atoms in total. The Hall–Kier alpha value is -2.62. The van der Waals surface area contributed by atoms with Gasteiger partial charge in [-0.15, -0.1) is 0 Å². The highest BCUT2D eigenvalue weighted by Crippen LogP contribution is 2.14. The van der Waals surface area contributed by atoms with Crippen LogP contribution < -0.4 is 5.32 Å². The topological polar surface area (TPSA) is 62.2 Å². The lowest BCUT2D eigenvalue weighted by Crippen LogP contribution is -2.20. The van der Waals surface area contributed by atoms with E-state index in [1.807, 2.05) is 12.1 Å². The van der Waals surface area contributed by atoms with Crippen molar-refractivity contribution in [1.82, 2.24) is 10.3 Å². The molecule has 0 spiro atoms. The van der Waals surface area contributed by atoms with E-state index in [9.17, 15) is 9.90 Å². The quantitative estimate of drug-likeness (QED) is 0.821. The van der Waals surface area contributed by atoms with E-state index in [1.165, 1.54) is 6.08 Å². The Bertz CT molecular complexity index is 580. The van der Waals surface area contributed by atoms with Crippen LogP contribution in [0.4, 0.5) is 0 Å². The zero-order valence-corrected chi connectivity index (χ0v) is 10.3. The Labute approximate surface area is 111 Å². The number of carbonyl (C=O) groups is 1. The number of nitrogens with one attached hydrogen (secondary N) is 1. The van der Waals surface area contributed by atoms with Crippen molar-refractivity contribution in [3.05, 3.63) is 66.0 Å². The summed E-state index contributed by atoms with van der Waals surface area (Å²) in [4.78, 5) is 15.6. The average Bonchev–Trinajstić information content (AvgIpc) is 2.45. The summed E-state index contributed by atoms with van der Waals surface area (Å²) in [6, 6.07) is 10.6. The van der Waals surface area contributed by atoms with Crippen LogP contribution in [-0.2, 0) is 11.3 Å². The number of hydrogen-bond acceptors (Lipinski definition) is 3. The molecule has 0 aliphatic heterocycles. The SMILES string of the molecule is O=C(C=Cc1cccnc1)NCc1ccccc1O. The van der Waals surface area contributed by atoms with Crippen LogP contribution in [0.3, 0.4) is 0 Å². The van der Waals surface area contributed by atoms with Crippen molar-refractivity contribution in [2.75, 3.05) is 0 Å². The maximum atomic E-state index is 11.6. The van der Waals surface area contributed by atoms with E-state index < -0.39 is 0 Å². The fraction of sp³-hybridized carbons (Fsp3) is 0.0667. The molecule has 0 aliphatic carbocycles. The Morgan fingerprint density at radius 1 is 1.26 bits per heavy atom. The van der Waals surface area contributed by atoms with Gasteiger partial charge in [-0.3, -0.25) is 9.78 Å².